The maximum Gasteiger partial charge on any atom is 0.258 e. The first kappa shape index (κ1) is 16.7. The molecule has 0 saturated heterocycles. The molecule has 1 aromatic carbocycles. The number of aromatic amines is 1. The fraction of sp³-hybridized carbons (Fsp3) is 0.500. The van der Waals surface area contributed by atoms with Crippen LogP contribution in [-0.2, 0) is 15.6 Å². The Hall–Kier alpha value is -1.69. The normalized spacial score (nSPS) is 12.2. The Balaban J connectivity index is 2.38. The lowest BCUT2D eigenvalue weighted by molar-refractivity contribution is 0.590. The topological polar surface area (TPSA) is 79.9 Å². The number of rotatable bonds is 6. The zero-order chi connectivity index (χ0) is 16.3. The standard InChI is InChI=1S/C16H22N2O3S/c1-4-5-8-22(20,21)10-15-17-14-7-6-12(11(2)3)9-13(14)16(19)18-15/h6-7,9,11H,4-5,8,10H2,1-3H3,(H,17,18,19). The molecule has 0 aliphatic heterocycles. The minimum atomic E-state index is -3.24. The van der Waals surface area contributed by atoms with Gasteiger partial charge in [-0.15, -0.1) is 0 Å². The summed E-state index contributed by atoms with van der Waals surface area (Å²) in [5.41, 5.74) is 1.31. The van der Waals surface area contributed by atoms with E-state index in [1.54, 1.807) is 6.07 Å². The van der Waals surface area contributed by atoms with Crippen molar-refractivity contribution in [2.24, 2.45) is 0 Å². The average molecular weight is 322 g/mol. The van der Waals surface area contributed by atoms with Gasteiger partial charge in [-0.25, -0.2) is 13.4 Å². The van der Waals surface area contributed by atoms with Crippen LogP contribution in [-0.4, -0.2) is 24.1 Å². The first-order valence-corrected chi connectivity index (χ1v) is 9.38. The van der Waals surface area contributed by atoms with Crippen molar-refractivity contribution in [2.75, 3.05) is 5.75 Å². The maximum atomic E-state index is 12.2. The predicted octanol–water partition coefficient (Wildman–Crippen LogP) is 2.76. The Morgan fingerprint density at radius 3 is 2.64 bits per heavy atom. The molecule has 0 unspecified atom stereocenters. The second-order valence-corrected chi connectivity index (χ2v) is 8.07. The van der Waals surface area contributed by atoms with Gasteiger partial charge in [0.25, 0.3) is 5.56 Å². The first-order valence-electron chi connectivity index (χ1n) is 7.55. The third kappa shape index (κ3) is 3.94. The molecule has 1 N–H and O–H groups in total. The largest absolute Gasteiger partial charge is 0.309 e. The Bertz CT molecular complexity index is 823. The van der Waals surface area contributed by atoms with Crippen LogP contribution >= 0.6 is 0 Å². The van der Waals surface area contributed by atoms with Crippen LogP contribution in [0.4, 0.5) is 0 Å². The fourth-order valence-corrected chi connectivity index (χ4v) is 3.70. The van der Waals surface area contributed by atoms with Crippen molar-refractivity contribution in [3.8, 4) is 0 Å². The van der Waals surface area contributed by atoms with Gasteiger partial charge in [-0.1, -0.05) is 33.3 Å². The predicted molar refractivity (Wildman–Crippen MR) is 88.9 cm³/mol. The summed E-state index contributed by atoms with van der Waals surface area (Å²) in [6.45, 7) is 6.05. The molecule has 0 bridgehead atoms. The van der Waals surface area contributed by atoms with Crippen LogP contribution in [0.5, 0.6) is 0 Å². The van der Waals surface area contributed by atoms with Gasteiger partial charge in [0.1, 0.15) is 11.6 Å². The second-order valence-electron chi connectivity index (χ2n) is 5.89. The zero-order valence-corrected chi connectivity index (χ0v) is 14.0. The first-order chi connectivity index (χ1) is 10.3. The molecule has 0 saturated carbocycles. The smallest absolute Gasteiger partial charge is 0.258 e. The number of hydrogen-bond donors (Lipinski definition) is 1. The molecule has 1 heterocycles. The number of nitrogens with one attached hydrogen (secondary N) is 1. The molecule has 0 aliphatic carbocycles. The zero-order valence-electron chi connectivity index (χ0n) is 13.2. The molecule has 0 atom stereocenters. The van der Waals surface area contributed by atoms with Crippen molar-refractivity contribution >= 4 is 20.7 Å². The molecular formula is C16H22N2O3S. The van der Waals surface area contributed by atoms with Crippen molar-refractivity contribution in [3.63, 3.8) is 0 Å². The quantitative estimate of drug-likeness (QED) is 0.887. The van der Waals surface area contributed by atoms with Crippen molar-refractivity contribution in [2.45, 2.75) is 45.3 Å². The number of hydrogen-bond acceptors (Lipinski definition) is 4. The number of benzene rings is 1. The van der Waals surface area contributed by atoms with Gasteiger partial charge in [0.15, 0.2) is 9.84 Å². The number of sulfone groups is 1. The van der Waals surface area contributed by atoms with E-state index in [0.717, 1.165) is 12.0 Å². The maximum absolute atomic E-state index is 12.2. The molecule has 6 heteroatoms. The van der Waals surface area contributed by atoms with Gasteiger partial charge in [-0.2, -0.15) is 0 Å². The minimum Gasteiger partial charge on any atom is -0.309 e. The molecule has 0 aliphatic rings. The van der Waals surface area contributed by atoms with Crippen LogP contribution in [0.15, 0.2) is 23.0 Å². The summed E-state index contributed by atoms with van der Waals surface area (Å²) in [4.78, 5) is 19.1. The third-order valence-electron chi connectivity index (χ3n) is 3.61. The minimum absolute atomic E-state index is 0.123. The van der Waals surface area contributed by atoms with Gasteiger partial charge >= 0.3 is 0 Å². The molecule has 2 rings (SSSR count). The summed E-state index contributed by atoms with van der Waals surface area (Å²) in [6.07, 6.45) is 1.44. The Kier molecular flexibility index (Phi) is 5.01. The van der Waals surface area contributed by atoms with E-state index in [-0.39, 0.29) is 22.9 Å². The van der Waals surface area contributed by atoms with Gasteiger partial charge in [0.05, 0.1) is 16.7 Å². The Morgan fingerprint density at radius 2 is 2.00 bits per heavy atom. The fourth-order valence-electron chi connectivity index (χ4n) is 2.28. The highest BCUT2D eigenvalue weighted by Crippen LogP contribution is 2.18. The molecule has 22 heavy (non-hydrogen) atoms. The molecule has 5 nitrogen and oxygen atoms in total. The third-order valence-corrected chi connectivity index (χ3v) is 5.23. The molecular weight excluding hydrogens is 300 g/mol. The summed E-state index contributed by atoms with van der Waals surface area (Å²) >= 11 is 0. The summed E-state index contributed by atoms with van der Waals surface area (Å²) in [6, 6.07) is 5.53. The van der Waals surface area contributed by atoms with Gasteiger partial charge in [0, 0.05) is 0 Å². The van der Waals surface area contributed by atoms with E-state index < -0.39 is 9.84 Å². The van der Waals surface area contributed by atoms with Crippen molar-refractivity contribution in [1.29, 1.82) is 0 Å². The van der Waals surface area contributed by atoms with Crippen molar-refractivity contribution < 1.29 is 8.42 Å². The van der Waals surface area contributed by atoms with E-state index in [4.69, 9.17) is 0 Å². The lowest BCUT2D eigenvalue weighted by atomic mass is 10.0. The van der Waals surface area contributed by atoms with Crippen molar-refractivity contribution in [3.05, 3.63) is 39.9 Å². The molecule has 1 aromatic heterocycles. The summed E-state index contributed by atoms with van der Waals surface area (Å²) in [5.74, 6) is 0.436. The van der Waals surface area contributed by atoms with E-state index in [2.05, 4.69) is 23.8 Å². The SMILES string of the molecule is CCCCS(=O)(=O)Cc1nc2ccc(C(C)C)cc2c(=O)[nH]1. The lowest BCUT2D eigenvalue weighted by Crippen LogP contribution is -2.17. The van der Waals surface area contributed by atoms with Crippen LogP contribution in [0.1, 0.15) is 50.9 Å². The van der Waals surface area contributed by atoms with E-state index >= 15 is 0 Å². The summed E-state index contributed by atoms with van der Waals surface area (Å²) < 4.78 is 24.0. The molecule has 0 amide bonds. The van der Waals surface area contributed by atoms with Crippen LogP contribution in [0.3, 0.4) is 0 Å². The number of H-pyrrole nitrogens is 1. The summed E-state index contributed by atoms with van der Waals surface area (Å²) in [5, 5.41) is 0.501. The van der Waals surface area contributed by atoms with E-state index in [0.29, 0.717) is 23.2 Å². The van der Waals surface area contributed by atoms with Crippen molar-refractivity contribution in [1.82, 2.24) is 9.97 Å². The van der Waals surface area contributed by atoms with Gasteiger partial charge in [0.2, 0.25) is 0 Å². The number of nitrogens with zero attached hydrogens (tertiary/aromatic N) is 1. The van der Waals surface area contributed by atoms with Gasteiger partial charge in [-0.05, 0) is 30.0 Å². The number of fused-ring (bicyclic) bond motifs is 1. The highest BCUT2D eigenvalue weighted by atomic mass is 32.2. The Morgan fingerprint density at radius 1 is 1.27 bits per heavy atom. The number of aromatic nitrogens is 2. The van der Waals surface area contributed by atoms with Gasteiger partial charge < -0.3 is 4.98 Å². The number of unbranched alkanes of at least 4 members (excludes halogenated alkanes) is 1. The molecule has 120 valence electrons. The lowest BCUT2D eigenvalue weighted by Gasteiger charge is -2.08. The van der Waals surface area contributed by atoms with Crippen LogP contribution in [0.2, 0.25) is 0 Å². The highest BCUT2D eigenvalue weighted by Gasteiger charge is 2.14. The van der Waals surface area contributed by atoms with E-state index in [1.807, 2.05) is 19.1 Å². The van der Waals surface area contributed by atoms with E-state index in [9.17, 15) is 13.2 Å². The monoisotopic (exact) mass is 322 g/mol. The van der Waals surface area contributed by atoms with E-state index in [1.165, 1.54) is 0 Å². The molecule has 0 spiro atoms. The highest BCUT2D eigenvalue weighted by molar-refractivity contribution is 7.90. The summed E-state index contributed by atoms with van der Waals surface area (Å²) in [7, 11) is -3.24. The van der Waals surface area contributed by atoms with Gasteiger partial charge in [-0.3, -0.25) is 4.79 Å². The van der Waals surface area contributed by atoms with Crippen LogP contribution < -0.4 is 5.56 Å². The van der Waals surface area contributed by atoms with Crippen LogP contribution in [0.25, 0.3) is 10.9 Å². The Labute approximate surface area is 130 Å². The molecule has 0 radical (unpaired) electrons. The second kappa shape index (κ2) is 6.60. The average Bonchev–Trinajstić information content (AvgIpc) is 2.44. The molecule has 2 aromatic rings. The van der Waals surface area contributed by atoms with Crippen LogP contribution in [0, 0.1) is 0 Å². The molecule has 0 fully saturated rings.